The smallest absolute Gasteiger partial charge is 0.321 e. The average molecular weight is 286 g/mol. The van der Waals surface area contributed by atoms with Gasteiger partial charge in [-0.15, -0.1) is 0 Å². The number of hydrogen-bond acceptors (Lipinski definition) is 3. The SMILES string of the molecule is O=C(O)C(CSCc1ccccc1Cl)NC1CC1. The first-order valence-electron chi connectivity index (χ1n) is 5.97. The second-order valence-electron chi connectivity index (χ2n) is 4.44. The first-order valence-corrected chi connectivity index (χ1v) is 7.50. The Balaban J connectivity index is 1.79. The van der Waals surface area contributed by atoms with Crippen LogP contribution in [0.25, 0.3) is 0 Å². The van der Waals surface area contributed by atoms with E-state index in [2.05, 4.69) is 5.32 Å². The molecule has 98 valence electrons. The quantitative estimate of drug-likeness (QED) is 0.809. The van der Waals surface area contributed by atoms with Crippen LogP contribution < -0.4 is 5.32 Å². The maximum absolute atomic E-state index is 11.1. The molecule has 1 aromatic rings. The third-order valence-electron chi connectivity index (χ3n) is 2.81. The highest BCUT2D eigenvalue weighted by molar-refractivity contribution is 7.98. The summed E-state index contributed by atoms with van der Waals surface area (Å²) < 4.78 is 0. The molecule has 5 heteroatoms. The van der Waals surface area contributed by atoms with E-state index in [1.807, 2.05) is 24.3 Å². The third kappa shape index (κ3) is 4.19. The van der Waals surface area contributed by atoms with Gasteiger partial charge in [0.15, 0.2) is 0 Å². The number of thioether (sulfide) groups is 1. The predicted octanol–water partition coefficient (Wildman–Crippen LogP) is 2.78. The number of hydrogen-bond donors (Lipinski definition) is 2. The van der Waals surface area contributed by atoms with E-state index in [1.54, 1.807) is 11.8 Å². The number of rotatable bonds is 7. The van der Waals surface area contributed by atoms with Crippen molar-refractivity contribution in [2.75, 3.05) is 5.75 Å². The van der Waals surface area contributed by atoms with Gasteiger partial charge in [0.1, 0.15) is 6.04 Å². The molecule has 1 aromatic carbocycles. The van der Waals surface area contributed by atoms with Gasteiger partial charge in [0.2, 0.25) is 0 Å². The molecule has 1 aliphatic rings. The molecule has 0 heterocycles. The molecule has 2 rings (SSSR count). The van der Waals surface area contributed by atoms with Gasteiger partial charge in [0.25, 0.3) is 0 Å². The van der Waals surface area contributed by atoms with Gasteiger partial charge in [0, 0.05) is 22.6 Å². The van der Waals surface area contributed by atoms with Gasteiger partial charge in [-0.3, -0.25) is 4.79 Å². The molecule has 2 N–H and O–H groups in total. The largest absolute Gasteiger partial charge is 0.480 e. The summed E-state index contributed by atoms with van der Waals surface area (Å²) in [7, 11) is 0. The van der Waals surface area contributed by atoms with Crippen LogP contribution in [-0.4, -0.2) is 28.9 Å². The van der Waals surface area contributed by atoms with E-state index in [1.165, 1.54) is 0 Å². The van der Waals surface area contributed by atoms with Crippen molar-refractivity contribution in [3.05, 3.63) is 34.9 Å². The van der Waals surface area contributed by atoms with E-state index in [0.717, 1.165) is 29.2 Å². The van der Waals surface area contributed by atoms with Crippen molar-refractivity contribution in [2.24, 2.45) is 0 Å². The molecule has 0 bridgehead atoms. The first-order chi connectivity index (χ1) is 8.66. The summed E-state index contributed by atoms with van der Waals surface area (Å²) in [5.41, 5.74) is 1.06. The highest BCUT2D eigenvalue weighted by Crippen LogP contribution is 2.23. The van der Waals surface area contributed by atoms with E-state index in [4.69, 9.17) is 16.7 Å². The topological polar surface area (TPSA) is 49.3 Å². The van der Waals surface area contributed by atoms with Gasteiger partial charge in [-0.25, -0.2) is 0 Å². The summed E-state index contributed by atoms with van der Waals surface area (Å²) in [5.74, 6) is 0.543. The molecule has 0 saturated heterocycles. The zero-order valence-corrected chi connectivity index (χ0v) is 11.5. The van der Waals surface area contributed by atoms with E-state index < -0.39 is 12.0 Å². The fourth-order valence-corrected chi connectivity index (χ4v) is 2.97. The lowest BCUT2D eigenvalue weighted by atomic mass is 10.2. The minimum atomic E-state index is -0.770. The van der Waals surface area contributed by atoms with Gasteiger partial charge in [-0.2, -0.15) is 11.8 Å². The van der Waals surface area contributed by atoms with E-state index in [-0.39, 0.29) is 0 Å². The minimum Gasteiger partial charge on any atom is -0.480 e. The molecule has 1 unspecified atom stereocenters. The fraction of sp³-hybridized carbons (Fsp3) is 0.462. The summed E-state index contributed by atoms with van der Waals surface area (Å²) in [6, 6.07) is 7.62. The van der Waals surface area contributed by atoms with Crippen LogP contribution in [-0.2, 0) is 10.5 Å². The molecule has 0 aliphatic heterocycles. The van der Waals surface area contributed by atoms with Crippen molar-refractivity contribution in [1.82, 2.24) is 5.32 Å². The fourth-order valence-electron chi connectivity index (χ4n) is 1.63. The van der Waals surface area contributed by atoms with Crippen LogP contribution >= 0.6 is 23.4 Å². The lowest BCUT2D eigenvalue weighted by molar-refractivity contribution is -0.138. The van der Waals surface area contributed by atoms with Gasteiger partial charge in [0.05, 0.1) is 0 Å². The predicted molar refractivity (Wildman–Crippen MR) is 75.2 cm³/mol. The molecular weight excluding hydrogens is 270 g/mol. The Morgan fingerprint density at radius 1 is 1.50 bits per heavy atom. The van der Waals surface area contributed by atoms with E-state index >= 15 is 0 Å². The van der Waals surface area contributed by atoms with Crippen molar-refractivity contribution < 1.29 is 9.90 Å². The van der Waals surface area contributed by atoms with Crippen LogP contribution in [0.2, 0.25) is 5.02 Å². The van der Waals surface area contributed by atoms with Crippen LogP contribution in [0.1, 0.15) is 18.4 Å². The van der Waals surface area contributed by atoms with Crippen LogP contribution in [0, 0.1) is 0 Å². The number of nitrogens with one attached hydrogen (secondary N) is 1. The zero-order valence-electron chi connectivity index (χ0n) is 9.93. The van der Waals surface area contributed by atoms with Gasteiger partial charge < -0.3 is 10.4 Å². The van der Waals surface area contributed by atoms with Crippen molar-refractivity contribution in [2.45, 2.75) is 30.7 Å². The van der Waals surface area contributed by atoms with Crippen molar-refractivity contribution >= 4 is 29.3 Å². The second-order valence-corrected chi connectivity index (χ2v) is 5.88. The number of carboxylic acids is 1. The second kappa shape index (κ2) is 6.45. The standard InChI is InChI=1S/C13H16ClNO2S/c14-11-4-2-1-3-9(11)7-18-8-12(13(16)17)15-10-5-6-10/h1-4,10,12,15H,5-8H2,(H,16,17). The first kappa shape index (κ1) is 13.7. The Hall–Kier alpha value is -0.710. The molecular formula is C13H16ClNO2S. The van der Waals surface area contributed by atoms with Crippen molar-refractivity contribution in [3.8, 4) is 0 Å². The summed E-state index contributed by atoms with van der Waals surface area (Å²) in [6.45, 7) is 0. The highest BCUT2D eigenvalue weighted by atomic mass is 35.5. The monoisotopic (exact) mass is 285 g/mol. The molecule has 1 fully saturated rings. The molecule has 1 aliphatic carbocycles. The van der Waals surface area contributed by atoms with Gasteiger partial charge in [-0.05, 0) is 24.5 Å². The number of carboxylic acid groups (broad SMARTS) is 1. The van der Waals surface area contributed by atoms with Gasteiger partial charge in [-0.1, -0.05) is 29.8 Å². The van der Waals surface area contributed by atoms with Crippen LogP contribution in [0.4, 0.5) is 0 Å². The molecule has 0 spiro atoms. The number of aliphatic carboxylic acids is 1. The highest BCUT2D eigenvalue weighted by Gasteiger charge is 2.27. The number of benzene rings is 1. The van der Waals surface area contributed by atoms with Crippen LogP contribution in [0.15, 0.2) is 24.3 Å². The van der Waals surface area contributed by atoms with E-state index in [0.29, 0.717) is 11.8 Å². The molecule has 1 saturated carbocycles. The molecule has 18 heavy (non-hydrogen) atoms. The molecule has 0 aromatic heterocycles. The zero-order chi connectivity index (χ0) is 13.0. The summed E-state index contributed by atoms with van der Waals surface area (Å²) in [6.07, 6.45) is 2.19. The number of carbonyl (C=O) groups is 1. The lowest BCUT2D eigenvalue weighted by Gasteiger charge is -2.13. The lowest BCUT2D eigenvalue weighted by Crippen LogP contribution is -2.40. The summed E-state index contributed by atoms with van der Waals surface area (Å²) >= 11 is 7.65. The normalized spacial score (nSPS) is 16.5. The third-order valence-corrected chi connectivity index (χ3v) is 4.27. The Morgan fingerprint density at radius 2 is 2.22 bits per heavy atom. The Labute approximate surface area is 116 Å². The maximum Gasteiger partial charge on any atom is 0.321 e. The Morgan fingerprint density at radius 3 is 2.83 bits per heavy atom. The number of halogens is 1. The minimum absolute atomic E-state index is 0.409. The molecule has 0 amide bonds. The summed E-state index contributed by atoms with van der Waals surface area (Å²) in [4.78, 5) is 11.1. The van der Waals surface area contributed by atoms with E-state index in [9.17, 15) is 4.79 Å². The van der Waals surface area contributed by atoms with Crippen LogP contribution in [0.3, 0.4) is 0 Å². The molecule has 0 radical (unpaired) electrons. The Bertz CT molecular complexity index is 423. The van der Waals surface area contributed by atoms with Crippen molar-refractivity contribution in [3.63, 3.8) is 0 Å². The molecule has 1 atom stereocenters. The van der Waals surface area contributed by atoms with Crippen LogP contribution in [0.5, 0.6) is 0 Å². The average Bonchev–Trinajstić information content (AvgIpc) is 3.14. The molecule has 3 nitrogen and oxygen atoms in total. The van der Waals surface area contributed by atoms with Gasteiger partial charge >= 0.3 is 5.97 Å². The maximum atomic E-state index is 11.1. The van der Waals surface area contributed by atoms with Crippen molar-refractivity contribution in [1.29, 1.82) is 0 Å². The summed E-state index contributed by atoms with van der Waals surface area (Å²) in [5, 5.41) is 13.0. The Kier molecular flexibility index (Phi) is 4.92.